The normalized spacial score (nSPS) is 14.4. The van der Waals surface area contributed by atoms with Crippen molar-refractivity contribution in [2.45, 2.75) is 46.0 Å². The fourth-order valence-electron chi connectivity index (χ4n) is 3.16. The summed E-state index contributed by atoms with van der Waals surface area (Å²) in [6.07, 6.45) is 2.02. The Labute approximate surface area is 138 Å². The third kappa shape index (κ3) is 2.61. The molecule has 2 aromatic carbocycles. The van der Waals surface area contributed by atoms with Crippen LogP contribution in [0.2, 0.25) is 0 Å². The molecule has 0 aromatic heterocycles. The molecule has 0 saturated carbocycles. The van der Waals surface area contributed by atoms with Crippen LogP contribution >= 0.6 is 11.6 Å². The van der Waals surface area contributed by atoms with Crippen LogP contribution in [-0.2, 0) is 11.8 Å². The van der Waals surface area contributed by atoms with Gasteiger partial charge in [-0.1, -0.05) is 81.8 Å². The smallest absolute Gasteiger partial charge is 0.0482 e. The number of benzene rings is 2. The van der Waals surface area contributed by atoms with E-state index >= 15 is 0 Å². The highest BCUT2D eigenvalue weighted by Gasteiger charge is 2.22. The molecule has 0 spiro atoms. The number of fused-ring (bicyclic) bond motifs is 1. The van der Waals surface area contributed by atoms with E-state index in [4.69, 9.17) is 11.6 Å². The molecule has 0 unspecified atom stereocenters. The van der Waals surface area contributed by atoms with E-state index in [9.17, 15) is 0 Å². The van der Waals surface area contributed by atoms with Crippen molar-refractivity contribution in [3.05, 3.63) is 64.7 Å². The molecule has 0 saturated heterocycles. The number of allylic oxidation sites excluding steroid dienone is 1. The second kappa shape index (κ2) is 5.59. The average Bonchev–Trinajstić information content (AvgIpc) is 2.83. The first-order chi connectivity index (χ1) is 10.4. The quantitative estimate of drug-likeness (QED) is 0.588. The van der Waals surface area contributed by atoms with Gasteiger partial charge in [0.15, 0.2) is 0 Å². The van der Waals surface area contributed by atoms with Gasteiger partial charge in [-0.05, 0) is 46.1 Å². The predicted molar refractivity (Wildman–Crippen MR) is 97.3 cm³/mol. The molecule has 0 bridgehead atoms. The van der Waals surface area contributed by atoms with Crippen molar-refractivity contribution in [2.24, 2.45) is 0 Å². The third-order valence-electron chi connectivity index (χ3n) is 4.57. The molecule has 0 radical (unpaired) electrons. The molecule has 0 aliphatic heterocycles. The molecule has 114 valence electrons. The SMILES string of the molecule is CCC1=C(Cl)c2c(cccc2-c2ccc(C(C)(C)C)cc2)C1. The topological polar surface area (TPSA) is 0 Å². The van der Waals surface area contributed by atoms with Crippen molar-refractivity contribution >= 4 is 16.6 Å². The van der Waals surface area contributed by atoms with Gasteiger partial charge in [-0.25, -0.2) is 0 Å². The van der Waals surface area contributed by atoms with Gasteiger partial charge in [0, 0.05) is 10.6 Å². The van der Waals surface area contributed by atoms with E-state index in [1.807, 2.05) is 0 Å². The molecule has 0 fully saturated rings. The molecule has 2 aromatic rings. The van der Waals surface area contributed by atoms with Crippen LogP contribution in [0.5, 0.6) is 0 Å². The summed E-state index contributed by atoms with van der Waals surface area (Å²) in [5, 5.41) is 0.966. The van der Waals surface area contributed by atoms with Crippen molar-refractivity contribution in [3.63, 3.8) is 0 Å². The van der Waals surface area contributed by atoms with Gasteiger partial charge in [-0.3, -0.25) is 0 Å². The average molecular weight is 311 g/mol. The highest BCUT2D eigenvalue weighted by Crippen LogP contribution is 2.42. The van der Waals surface area contributed by atoms with E-state index in [-0.39, 0.29) is 5.41 Å². The number of rotatable bonds is 2. The van der Waals surface area contributed by atoms with Crippen LogP contribution in [0.25, 0.3) is 16.2 Å². The Morgan fingerprint density at radius 2 is 1.68 bits per heavy atom. The Morgan fingerprint density at radius 1 is 1.00 bits per heavy atom. The first kappa shape index (κ1) is 15.4. The lowest BCUT2D eigenvalue weighted by Crippen LogP contribution is -2.10. The zero-order chi connectivity index (χ0) is 15.9. The molecular formula is C21H23Cl. The fraction of sp³-hybridized carbons (Fsp3) is 0.333. The van der Waals surface area contributed by atoms with Crippen LogP contribution < -0.4 is 0 Å². The lowest BCUT2D eigenvalue weighted by atomic mass is 9.86. The second-order valence-electron chi connectivity index (χ2n) is 7.11. The number of hydrogen-bond acceptors (Lipinski definition) is 0. The van der Waals surface area contributed by atoms with Gasteiger partial charge >= 0.3 is 0 Å². The predicted octanol–water partition coefficient (Wildman–Crippen LogP) is 6.57. The minimum atomic E-state index is 0.185. The minimum Gasteiger partial charge on any atom is -0.0837 e. The maximum absolute atomic E-state index is 6.65. The molecule has 0 nitrogen and oxygen atoms in total. The highest BCUT2D eigenvalue weighted by molar-refractivity contribution is 6.50. The summed E-state index contributed by atoms with van der Waals surface area (Å²) in [4.78, 5) is 0. The van der Waals surface area contributed by atoms with E-state index in [2.05, 4.69) is 70.2 Å². The van der Waals surface area contributed by atoms with Crippen LogP contribution in [0.1, 0.15) is 50.8 Å². The van der Waals surface area contributed by atoms with Crippen molar-refractivity contribution in [2.75, 3.05) is 0 Å². The summed E-state index contributed by atoms with van der Waals surface area (Å²) >= 11 is 6.65. The van der Waals surface area contributed by atoms with Crippen LogP contribution in [0.3, 0.4) is 0 Å². The standard InChI is InChI=1S/C21H23Cl/c1-5-14-13-16-7-6-8-18(19(16)20(14)22)15-9-11-17(12-10-15)21(2,3)4/h6-12H,5,13H2,1-4H3. The minimum absolute atomic E-state index is 0.185. The Balaban J connectivity index is 2.08. The maximum Gasteiger partial charge on any atom is 0.0482 e. The summed E-state index contributed by atoms with van der Waals surface area (Å²) in [6, 6.07) is 15.5. The maximum atomic E-state index is 6.65. The van der Waals surface area contributed by atoms with Crippen LogP contribution in [0.15, 0.2) is 48.0 Å². The molecule has 1 heteroatoms. The van der Waals surface area contributed by atoms with Gasteiger partial charge < -0.3 is 0 Å². The molecular weight excluding hydrogens is 288 g/mol. The molecule has 3 rings (SSSR count). The molecule has 1 aliphatic carbocycles. The largest absolute Gasteiger partial charge is 0.0837 e. The van der Waals surface area contributed by atoms with Crippen molar-refractivity contribution in [3.8, 4) is 11.1 Å². The van der Waals surface area contributed by atoms with E-state index in [0.29, 0.717) is 0 Å². The number of halogens is 1. The van der Waals surface area contributed by atoms with E-state index in [1.165, 1.54) is 33.4 Å². The van der Waals surface area contributed by atoms with Gasteiger partial charge in [0.05, 0.1) is 0 Å². The lowest BCUT2D eigenvalue weighted by molar-refractivity contribution is 0.590. The first-order valence-corrected chi connectivity index (χ1v) is 8.40. The monoisotopic (exact) mass is 310 g/mol. The Morgan fingerprint density at radius 3 is 2.27 bits per heavy atom. The van der Waals surface area contributed by atoms with Crippen molar-refractivity contribution in [1.82, 2.24) is 0 Å². The second-order valence-corrected chi connectivity index (χ2v) is 7.49. The van der Waals surface area contributed by atoms with Crippen LogP contribution in [-0.4, -0.2) is 0 Å². The van der Waals surface area contributed by atoms with Crippen molar-refractivity contribution in [1.29, 1.82) is 0 Å². The van der Waals surface area contributed by atoms with Gasteiger partial charge in [-0.2, -0.15) is 0 Å². The molecule has 0 heterocycles. The Hall–Kier alpha value is -1.53. The van der Waals surface area contributed by atoms with Crippen molar-refractivity contribution < 1.29 is 0 Å². The molecule has 0 atom stereocenters. The highest BCUT2D eigenvalue weighted by atomic mass is 35.5. The Kier molecular flexibility index (Phi) is 3.91. The first-order valence-electron chi connectivity index (χ1n) is 8.02. The van der Waals surface area contributed by atoms with E-state index < -0.39 is 0 Å². The molecule has 22 heavy (non-hydrogen) atoms. The summed E-state index contributed by atoms with van der Waals surface area (Å²) in [5.41, 5.74) is 8.01. The van der Waals surface area contributed by atoms with Gasteiger partial charge in [0.1, 0.15) is 0 Å². The molecule has 1 aliphatic rings. The zero-order valence-electron chi connectivity index (χ0n) is 13.8. The zero-order valence-corrected chi connectivity index (χ0v) is 14.6. The summed E-state index contributed by atoms with van der Waals surface area (Å²) in [7, 11) is 0. The summed E-state index contributed by atoms with van der Waals surface area (Å²) in [5.74, 6) is 0. The van der Waals surface area contributed by atoms with E-state index in [1.54, 1.807) is 0 Å². The lowest BCUT2D eigenvalue weighted by Gasteiger charge is -2.19. The van der Waals surface area contributed by atoms with Crippen LogP contribution in [0, 0.1) is 0 Å². The third-order valence-corrected chi connectivity index (χ3v) is 5.03. The van der Waals surface area contributed by atoms with E-state index in [0.717, 1.165) is 17.9 Å². The Bertz CT molecular complexity index is 727. The van der Waals surface area contributed by atoms with Gasteiger partial charge in [0.2, 0.25) is 0 Å². The summed E-state index contributed by atoms with van der Waals surface area (Å²) in [6.45, 7) is 8.92. The molecule has 0 amide bonds. The number of hydrogen-bond donors (Lipinski definition) is 0. The molecule has 0 N–H and O–H groups in total. The summed E-state index contributed by atoms with van der Waals surface area (Å²) < 4.78 is 0. The fourth-order valence-corrected chi connectivity index (χ4v) is 3.59. The van der Waals surface area contributed by atoms with Gasteiger partial charge in [0.25, 0.3) is 0 Å². The van der Waals surface area contributed by atoms with Crippen LogP contribution in [0.4, 0.5) is 0 Å². The van der Waals surface area contributed by atoms with Gasteiger partial charge in [-0.15, -0.1) is 0 Å².